The van der Waals surface area contributed by atoms with Gasteiger partial charge in [-0.05, 0) is 24.3 Å². The van der Waals surface area contributed by atoms with E-state index in [9.17, 15) is 13.6 Å². The third-order valence-electron chi connectivity index (χ3n) is 3.66. The normalized spacial score (nSPS) is 10.7. The largest absolute Gasteiger partial charge is 0.434 e. The molecule has 0 fully saturated rings. The van der Waals surface area contributed by atoms with Crippen molar-refractivity contribution in [3.05, 3.63) is 65.9 Å². The van der Waals surface area contributed by atoms with E-state index in [2.05, 4.69) is 20.3 Å². The summed E-state index contributed by atoms with van der Waals surface area (Å²) < 4.78 is 29.2. The van der Waals surface area contributed by atoms with Crippen molar-refractivity contribution in [3.63, 3.8) is 0 Å². The van der Waals surface area contributed by atoms with Gasteiger partial charge in [0.1, 0.15) is 5.75 Å². The Balaban J connectivity index is 1.69. The number of hydrogen-bond acceptors (Lipinski definition) is 4. The number of amides is 1. The van der Waals surface area contributed by atoms with E-state index >= 15 is 0 Å². The van der Waals surface area contributed by atoms with E-state index in [4.69, 9.17) is 5.73 Å². The van der Waals surface area contributed by atoms with Gasteiger partial charge >= 0.3 is 6.61 Å². The molecule has 0 atom stereocenters. The highest BCUT2D eigenvalue weighted by Crippen LogP contribution is 2.24. The smallest absolute Gasteiger partial charge is 0.387 e. The van der Waals surface area contributed by atoms with Crippen LogP contribution in [0.15, 0.2) is 54.6 Å². The molecule has 0 radical (unpaired) electrons. The lowest BCUT2D eigenvalue weighted by Gasteiger charge is -2.10. The number of nitrogens with one attached hydrogen (secondary N) is 2. The van der Waals surface area contributed by atoms with Gasteiger partial charge in [0.2, 0.25) is 0 Å². The molecule has 0 aliphatic heterocycles. The number of benzene rings is 2. The lowest BCUT2D eigenvalue weighted by atomic mass is 10.1. The molecular formula is C18H16F2N4O2. The molecule has 26 heavy (non-hydrogen) atoms. The maximum Gasteiger partial charge on any atom is 0.387 e. The number of nitrogens with zero attached hydrogens (tertiary/aromatic N) is 1. The number of rotatable bonds is 6. The number of nitrogens with two attached hydrogens (primary N) is 1. The molecule has 6 nitrogen and oxygen atoms in total. The monoisotopic (exact) mass is 358 g/mol. The number of aromatic amines is 1. The molecule has 134 valence electrons. The summed E-state index contributed by atoms with van der Waals surface area (Å²) >= 11 is 0. The summed E-state index contributed by atoms with van der Waals surface area (Å²) in [6, 6.07) is 14.9. The first kappa shape index (κ1) is 17.4. The molecule has 3 rings (SSSR count). The second-order valence-corrected chi connectivity index (χ2v) is 5.42. The SMILES string of the molecule is Nc1ccccc1-c1cc(CNC(=O)c2ccccc2OC(F)F)n[nH]1. The van der Waals surface area contributed by atoms with Gasteiger partial charge in [0.15, 0.2) is 0 Å². The maximum absolute atomic E-state index is 12.4. The number of carbonyl (C=O) groups excluding carboxylic acids is 1. The molecule has 0 aliphatic rings. The number of alkyl halides is 2. The average molecular weight is 358 g/mol. The van der Waals surface area contributed by atoms with Crippen LogP contribution in [0.3, 0.4) is 0 Å². The van der Waals surface area contributed by atoms with Crippen molar-refractivity contribution in [1.82, 2.24) is 15.5 Å². The van der Waals surface area contributed by atoms with Crippen molar-refractivity contribution in [1.29, 1.82) is 0 Å². The minimum atomic E-state index is -3.01. The Morgan fingerprint density at radius 3 is 2.69 bits per heavy atom. The number of ether oxygens (including phenoxy) is 1. The van der Waals surface area contributed by atoms with E-state index in [0.29, 0.717) is 17.1 Å². The van der Waals surface area contributed by atoms with Crippen molar-refractivity contribution in [3.8, 4) is 17.0 Å². The van der Waals surface area contributed by atoms with E-state index in [1.807, 2.05) is 18.2 Å². The number of para-hydroxylation sites is 2. The summed E-state index contributed by atoms with van der Waals surface area (Å²) in [5.74, 6) is -0.718. The highest BCUT2D eigenvalue weighted by atomic mass is 19.3. The molecule has 0 aliphatic carbocycles. The molecule has 0 saturated carbocycles. The molecule has 0 bridgehead atoms. The van der Waals surface area contributed by atoms with E-state index in [0.717, 1.165) is 5.56 Å². The fourth-order valence-electron chi connectivity index (χ4n) is 2.45. The molecule has 1 heterocycles. The first-order valence-electron chi connectivity index (χ1n) is 7.76. The zero-order chi connectivity index (χ0) is 18.5. The quantitative estimate of drug-likeness (QED) is 0.590. The van der Waals surface area contributed by atoms with Gasteiger partial charge in [-0.2, -0.15) is 13.9 Å². The Morgan fingerprint density at radius 1 is 1.19 bits per heavy atom. The van der Waals surface area contributed by atoms with Gasteiger partial charge in [-0.25, -0.2) is 0 Å². The zero-order valence-corrected chi connectivity index (χ0v) is 13.6. The van der Waals surface area contributed by atoms with Crippen LogP contribution in [-0.4, -0.2) is 22.7 Å². The summed E-state index contributed by atoms with van der Waals surface area (Å²) in [5.41, 5.74) is 8.64. The first-order valence-corrected chi connectivity index (χ1v) is 7.76. The van der Waals surface area contributed by atoms with E-state index in [1.165, 1.54) is 18.2 Å². The van der Waals surface area contributed by atoms with Gasteiger partial charge in [-0.15, -0.1) is 0 Å². The van der Waals surface area contributed by atoms with Crippen LogP contribution in [0.1, 0.15) is 16.1 Å². The number of carbonyl (C=O) groups is 1. The summed E-state index contributed by atoms with van der Waals surface area (Å²) in [4.78, 5) is 12.3. The highest BCUT2D eigenvalue weighted by molar-refractivity contribution is 5.96. The van der Waals surface area contributed by atoms with Crippen LogP contribution < -0.4 is 15.8 Å². The minimum Gasteiger partial charge on any atom is -0.434 e. The van der Waals surface area contributed by atoms with Crippen molar-refractivity contribution >= 4 is 11.6 Å². The average Bonchev–Trinajstić information content (AvgIpc) is 3.09. The van der Waals surface area contributed by atoms with Crippen molar-refractivity contribution < 1.29 is 18.3 Å². The summed E-state index contributed by atoms with van der Waals surface area (Å²) in [5, 5.41) is 9.61. The molecule has 3 aromatic rings. The Kier molecular flexibility index (Phi) is 5.12. The molecule has 8 heteroatoms. The first-order chi connectivity index (χ1) is 12.5. The van der Waals surface area contributed by atoms with E-state index in [-0.39, 0.29) is 17.9 Å². The zero-order valence-electron chi connectivity index (χ0n) is 13.6. The number of nitrogen functional groups attached to an aromatic ring is 1. The van der Waals surface area contributed by atoms with Crippen LogP contribution in [0.5, 0.6) is 5.75 Å². The topological polar surface area (TPSA) is 93.0 Å². The van der Waals surface area contributed by atoms with Gasteiger partial charge in [0, 0.05) is 11.3 Å². The lowest BCUT2D eigenvalue weighted by molar-refractivity contribution is -0.0501. The third kappa shape index (κ3) is 3.97. The molecule has 0 unspecified atom stereocenters. The van der Waals surface area contributed by atoms with Gasteiger partial charge in [0.05, 0.1) is 23.5 Å². The van der Waals surface area contributed by atoms with Gasteiger partial charge in [-0.1, -0.05) is 30.3 Å². The molecule has 0 saturated heterocycles. The number of hydrogen-bond donors (Lipinski definition) is 3. The molecule has 4 N–H and O–H groups in total. The van der Waals surface area contributed by atoms with Gasteiger partial charge in [0.25, 0.3) is 5.91 Å². The maximum atomic E-state index is 12.4. The lowest BCUT2D eigenvalue weighted by Crippen LogP contribution is -2.24. The van der Waals surface area contributed by atoms with Crippen LogP contribution in [0.2, 0.25) is 0 Å². The molecule has 2 aromatic carbocycles. The third-order valence-corrected chi connectivity index (χ3v) is 3.66. The number of halogens is 2. The predicted octanol–water partition coefficient (Wildman–Crippen LogP) is 3.19. The summed E-state index contributed by atoms with van der Waals surface area (Å²) in [7, 11) is 0. The van der Waals surface area contributed by atoms with Crippen LogP contribution >= 0.6 is 0 Å². The molecular weight excluding hydrogens is 342 g/mol. The van der Waals surface area contributed by atoms with Crippen LogP contribution in [-0.2, 0) is 6.54 Å². The number of H-pyrrole nitrogens is 1. The van der Waals surface area contributed by atoms with E-state index < -0.39 is 12.5 Å². The second kappa shape index (κ2) is 7.64. The van der Waals surface area contributed by atoms with Gasteiger partial charge in [-0.3, -0.25) is 9.89 Å². The Bertz CT molecular complexity index is 911. The van der Waals surface area contributed by atoms with Gasteiger partial charge < -0.3 is 15.8 Å². The van der Waals surface area contributed by atoms with Crippen LogP contribution in [0.25, 0.3) is 11.3 Å². The summed E-state index contributed by atoms with van der Waals surface area (Å²) in [6.07, 6.45) is 0. The highest BCUT2D eigenvalue weighted by Gasteiger charge is 2.15. The fourth-order valence-corrected chi connectivity index (χ4v) is 2.45. The molecule has 1 aromatic heterocycles. The van der Waals surface area contributed by atoms with Crippen molar-refractivity contribution in [2.24, 2.45) is 0 Å². The van der Waals surface area contributed by atoms with Crippen LogP contribution in [0, 0.1) is 0 Å². The number of aromatic nitrogens is 2. The Labute approximate surface area is 148 Å². The fraction of sp³-hybridized carbons (Fsp3) is 0.111. The molecule has 1 amide bonds. The second-order valence-electron chi connectivity index (χ2n) is 5.42. The minimum absolute atomic E-state index is 0.0239. The number of anilines is 1. The Morgan fingerprint density at radius 2 is 1.92 bits per heavy atom. The van der Waals surface area contributed by atoms with Crippen molar-refractivity contribution in [2.75, 3.05) is 5.73 Å². The molecule has 0 spiro atoms. The summed E-state index contributed by atoms with van der Waals surface area (Å²) in [6.45, 7) is -2.89. The van der Waals surface area contributed by atoms with Crippen molar-refractivity contribution in [2.45, 2.75) is 13.2 Å². The van der Waals surface area contributed by atoms with Crippen LogP contribution in [0.4, 0.5) is 14.5 Å². The predicted molar refractivity (Wildman–Crippen MR) is 92.7 cm³/mol. The Hall–Kier alpha value is -3.42. The standard InChI is InChI=1S/C18H16F2N4O2/c19-18(20)26-16-8-4-2-6-13(16)17(25)22-10-11-9-15(24-23-11)12-5-1-3-7-14(12)21/h1-9,18H,10,21H2,(H,22,25)(H,23,24). The van der Waals surface area contributed by atoms with E-state index in [1.54, 1.807) is 18.2 Å².